The number of benzene rings is 1. The van der Waals surface area contributed by atoms with E-state index in [1.807, 2.05) is 6.07 Å². The predicted molar refractivity (Wildman–Crippen MR) is 131 cm³/mol. The molecular formula is C22H32ClN5O4S. The van der Waals surface area contributed by atoms with Gasteiger partial charge < -0.3 is 30.9 Å². The highest BCUT2D eigenvalue weighted by Gasteiger charge is 2.31. The summed E-state index contributed by atoms with van der Waals surface area (Å²) in [5, 5.41) is 4.23. The van der Waals surface area contributed by atoms with Gasteiger partial charge in [-0.15, -0.1) is 0 Å². The van der Waals surface area contributed by atoms with Gasteiger partial charge >= 0.3 is 0 Å². The molecule has 2 atom stereocenters. The number of carbonyl (C=O) groups excluding carboxylic acids is 1. The molecule has 0 saturated carbocycles. The van der Waals surface area contributed by atoms with E-state index in [0.29, 0.717) is 22.0 Å². The van der Waals surface area contributed by atoms with Crippen LogP contribution in [0.5, 0.6) is 5.75 Å². The van der Waals surface area contributed by atoms with Crippen LogP contribution >= 0.6 is 23.4 Å². The summed E-state index contributed by atoms with van der Waals surface area (Å²) in [6.07, 6.45) is 6.43. The highest BCUT2D eigenvalue weighted by atomic mass is 35.5. The van der Waals surface area contributed by atoms with E-state index in [9.17, 15) is 4.79 Å². The standard InChI is InChI=1S/C22H30ClN5O3S.H2O/c1-30-19-13-17(24)16(23)12-15(19)21(29)27-18-6-10-28(14-20(18)31-2)9-3-4-11-32-22-25-7-5-8-26-22;/h5,7-8,12-13,18,20H,3-4,6,9-11,14,24H2,1-2H3,(H,27,29);1H2. The minimum Gasteiger partial charge on any atom is -0.496 e. The van der Waals surface area contributed by atoms with Crippen LogP contribution in [0.3, 0.4) is 0 Å². The number of thioether (sulfide) groups is 1. The molecule has 0 bridgehead atoms. The number of aromatic nitrogens is 2. The maximum atomic E-state index is 12.9. The van der Waals surface area contributed by atoms with Crippen molar-refractivity contribution in [2.45, 2.75) is 36.6 Å². The van der Waals surface area contributed by atoms with E-state index in [2.05, 4.69) is 20.2 Å². The van der Waals surface area contributed by atoms with Crippen LogP contribution in [0.1, 0.15) is 29.6 Å². The van der Waals surface area contributed by atoms with Gasteiger partial charge in [0.1, 0.15) is 5.75 Å². The number of amides is 1. The Hall–Kier alpha value is -2.11. The van der Waals surface area contributed by atoms with Gasteiger partial charge in [-0.3, -0.25) is 4.79 Å². The number of rotatable bonds is 10. The number of methoxy groups -OCH3 is 2. The number of nitrogens with two attached hydrogens (primary N) is 1. The van der Waals surface area contributed by atoms with Crippen LogP contribution in [0.2, 0.25) is 5.02 Å². The Bertz CT molecular complexity index is 893. The van der Waals surface area contributed by atoms with Crippen molar-refractivity contribution in [2.24, 2.45) is 0 Å². The largest absolute Gasteiger partial charge is 0.496 e. The summed E-state index contributed by atoms with van der Waals surface area (Å²) in [4.78, 5) is 23.7. The highest BCUT2D eigenvalue weighted by Crippen LogP contribution is 2.29. The molecule has 3 rings (SSSR count). The van der Waals surface area contributed by atoms with Gasteiger partial charge in [0.05, 0.1) is 35.5 Å². The molecule has 1 aromatic carbocycles. The molecule has 182 valence electrons. The second-order valence-electron chi connectivity index (χ2n) is 7.60. The Kier molecular flexibility index (Phi) is 11.2. The third-order valence-corrected chi connectivity index (χ3v) is 6.76. The Morgan fingerprint density at radius 1 is 1.30 bits per heavy atom. The van der Waals surface area contributed by atoms with Gasteiger partial charge in [0.2, 0.25) is 0 Å². The summed E-state index contributed by atoms with van der Waals surface area (Å²) in [7, 11) is 3.19. The first-order valence-electron chi connectivity index (χ1n) is 10.6. The molecule has 1 aromatic heterocycles. The van der Waals surface area contributed by atoms with Gasteiger partial charge in [0.25, 0.3) is 5.91 Å². The summed E-state index contributed by atoms with van der Waals surface area (Å²) in [6, 6.07) is 4.84. The SMILES string of the molecule is COc1cc(N)c(Cl)cc1C(=O)NC1CCN(CCCCSc2ncccn2)CC1OC.O. The number of nitrogens with one attached hydrogen (secondary N) is 1. The van der Waals surface area contributed by atoms with Crippen LogP contribution in [-0.2, 0) is 4.74 Å². The summed E-state index contributed by atoms with van der Waals surface area (Å²) in [6.45, 7) is 2.67. The van der Waals surface area contributed by atoms with E-state index in [1.54, 1.807) is 43.4 Å². The van der Waals surface area contributed by atoms with E-state index in [-0.39, 0.29) is 23.5 Å². The van der Waals surface area contributed by atoms with Crippen LogP contribution in [0.4, 0.5) is 5.69 Å². The van der Waals surface area contributed by atoms with Gasteiger partial charge in [0, 0.05) is 44.4 Å². The Morgan fingerprint density at radius 3 is 2.76 bits per heavy atom. The Morgan fingerprint density at radius 2 is 2.06 bits per heavy atom. The van der Waals surface area contributed by atoms with Gasteiger partial charge in [-0.05, 0) is 37.9 Å². The lowest BCUT2D eigenvalue weighted by molar-refractivity contribution is 0.00611. The second kappa shape index (κ2) is 13.6. The number of ether oxygens (including phenoxy) is 2. The van der Waals surface area contributed by atoms with Crippen molar-refractivity contribution in [3.63, 3.8) is 0 Å². The Labute approximate surface area is 203 Å². The smallest absolute Gasteiger partial charge is 0.255 e. The lowest BCUT2D eigenvalue weighted by Crippen LogP contribution is -2.54. The zero-order valence-corrected chi connectivity index (χ0v) is 20.5. The molecule has 0 aliphatic carbocycles. The molecule has 1 amide bonds. The normalized spacial score (nSPS) is 18.4. The second-order valence-corrected chi connectivity index (χ2v) is 9.07. The van der Waals surface area contributed by atoms with Crippen molar-refractivity contribution >= 4 is 35.0 Å². The van der Waals surface area contributed by atoms with Crippen molar-refractivity contribution in [3.8, 4) is 5.75 Å². The molecule has 0 spiro atoms. The van der Waals surface area contributed by atoms with Gasteiger partial charge in [0.15, 0.2) is 5.16 Å². The van der Waals surface area contributed by atoms with Gasteiger partial charge in [-0.2, -0.15) is 0 Å². The summed E-state index contributed by atoms with van der Waals surface area (Å²) in [5.74, 6) is 1.15. The molecule has 2 unspecified atom stereocenters. The third kappa shape index (κ3) is 7.72. The molecule has 1 aliphatic rings. The first-order valence-corrected chi connectivity index (χ1v) is 12.0. The zero-order valence-electron chi connectivity index (χ0n) is 18.9. The number of hydrogen-bond acceptors (Lipinski definition) is 8. The highest BCUT2D eigenvalue weighted by molar-refractivity contribution is 7.99. The number of likely N-dealkylation sites (tertiary alicyclic amines) is 1. The topological polar surface area (TPSA) is 134 Å². The molecule has 1 fully saturated rings. The fraction of sp³-hybridized carbons (Fsp3) is 0.500. The number of piperidine rings is 1. The van der Waals surface area contributed by atoms with Crippen molar-refractivity contribution < 1.29 is 19.7 Å². The molecule has 2 heterocycles. The molecule has 1 saturated heterocycles. The predicted octanol–water partition coefficient (Wildman–Crippen LogP) is 2.29. The van der Waals surface area contributed by atoms with E-state index < -0.39 is 0 Å². The molecule has 11 heteroatoms. The lowest BCUT2D eigenvalue weighted by Gasteiger charge is -2.38. The van der Waals surface area contributed by atoms with Crippen molar-refractivity contribution in [1.82, 2.24) is 20.2 Å². The average Bonchev–Trinajstić information content (AvgIpc) is 2.81. The van der Waals surface area contributed by atoms with E-state index in [1.165, 1.54) is 7.11 Å². The maximum Gasteiger partial charge on any atom is 0.255 e. The molecule has 5 N–H and O–H groups in total. The van der Waals surface area contributed by atoms with Crippen LogP contribution in [-0.4, -0.2) is 78.0 Å². The maximum absolute atomic E-state index is 12.9. The van der Waals surface area contributed by atoms with Crippen molar-refractivity contribution in [2.75, 3.05) is 45.3 Å². The zero-order chi connectivity index (χ0) is 22.9. The minimum atomic E-state index is -0.246. The number of halogens is 1. The average molecular weight is 498 g/mol. The molecule has 2 aromatic rings. The van der Waals surface area contributed by atoms with Gasteiger partial charge in [-0.1, -0.05) is 23.4 Å². The summed E-state index contributed by atoms with van der Waals surface area (Å²) < 4.78 is 11.0. The number of anilines is 1. The fourth-order valence-corrected chi connectivity index (χ4v) is 4.68. The molecule has 9 nitrogen and oxygen atoms in total. The number of carbonyl (C=O) groups is 1. The van der Waals surface area contributed by atoms with Crippen LogP contribution in [0, 0.1) is 0 Å². The van der Waals surface area contributed by atoms with Crippen LogP contribution < -0.4 is 15.8 Å². The first kappa shape index (κ1) is 27.1. The Balaban J connectivity index is 0.00000385. The van der Waals surface area contributed by atoms with Crippen LogP contribution in [0.15, 0.2) is 35.7 Å². The van der Waals surface area contributed by atoms with Gasteiger partial charge in [-0.25, -0.2) is 9.97 Å². The molecule has 33 heavy (non-hydrogen) atoms. The number of nitrogens with zero attached hydrogens (tertiary/aromatic N) is 3. The minimum absolute atomic E-state index is 0. The van der Waals surface area contributed by atoms with Crippen LogP contribution in [0.25, 0.3) is 0 Å². The van der Waals surface area contributed by atoms with E-state index >= 15 is 0 Å². The van der Waals surface area contributed by atoms with Crippen molar-refractivity contribution in [1.29, 1.82) is 0 Å². The lowest BCUT2D eigenvalue weighted by atomic mass is 10.0. The number of hydrogen-bond donors (Lipinski definition) is 2. The number of nitrogen functional groups attached to an aromatic ring is 1. The fourth-order valence-electron chi connectivity index (χ4n) is 3.71. The molecular weight excluding hydrogens is 466 g/mol. The van der Waals surface area contributed by atoms with E-state index in [4.69, 9.17) is 26.8 Å². The monoisotopic (exact) mass is 497 g/mol. The molecule has 1 aliphatic heterocycles. The van der Waals surface area contributed by atoms with Crippen molar-refractivity contribution in [3.05, 3.63) is 41.2 Å². The summed E-state index contributed by atoms with van der Waals surface area (Å²) in [5.41, 5.74) is 6.56. The number of unbranched alkanes of at least 4 members (excludes halogenated alkanes) is 1. The summed E-state index contributed by atoms with van der Waals surface area (Å²) >= 11 is 7.79. The quantitative estimate of drug-likeness (QED) is 0.221. The molecule has 0 radical (unpaired) electrons. The van der Waals surface area contributed by atoms with E-state index in [0.717, 1.165) is 49.8 Å². The first-order chi connectivity index (χ1) is 15.5. The third-order valence-electron chi connectivity index (χ3n) is 5.47.